The molecule has 0 saturated heterocycles. The van der Waals surface area contributed by atoms with Crippen LogP contribution in [-0.4, -0.2) is 0 Å². The second-order valence-corrected chi connectivity index (χ2v) is 4.36. The average Bonchev–Trinajstić information content (AvgIpc) is 2.31. The number of rotatable bonds is 7. The fourth-order valence-electron chi connectivity index (χ4n) is 2.01. The largest absolute Gasteiger partial charge is 0.271 e. The lowest BCUT2D eigenvalue weighted by atomic mass is 9.98. The topological polar surface area (TPSA) is 38.0 Å². The Morgan fingerprint density at radius 2 is 2.06 bits per heavy atom. The Bertz CT molecular complexity index is 297. The van der Waals surface area contributed by atoms with Crippen LogP contribution in [0, 0.1) is 0 Å². The smallest absolute Gasteiger partial charge is 0.0460 e. The Hall–Kier alpha value is -0.860. The summed E-state index contributed by atoms with van der Waals surface area (Å²) in [6.07, 6.45) is 5.89. The van der Waals surface area contributed by atoms with Crippen LogP contribution >= 0.6 is 0 Å². The Morgan fingerprint density at radius 3 is 2.69 bits per heavy atom. The zero-order valence-electron chi connectivity index (χ0n) is 10.5. The molecule has 0 aliphatic carbocycles. The molecule has 0 aliphatic rings. The number of hydrogen-bond donors (Lipinski definition) is 2. The highest BCUT2D eigenvalue weighted by atomic mass is 15.2. The van der Waals surface area contributed by atoms with Crippen molar-refractivity contribution >= 4 is 0 Å². The zero-order valence-corrected chi connectivity index (χ0v) is 10.5. The quantitative estimate of drug-likeness (QED) is 0.546. The van der Waals surface area contributed by atoms with Gasteiger partial charge in [-0.2, -0.15) is 0 Å². The predicted molar refractivity (Wildman–Crippen MR) is 70.0 cm³/mol. The van der Waals surface area contributed by atoms with E-state index >= 15 is 0 Å². The van der Waals surface area contributed by atoms with Crippen molar-refractivity contribution in [1.29, 1.82) is 0 Å². The van der Waals surface area contributed by atoms with Crippen LogP contribution in [0.3, 0.4) is 0 Å². The summed E-state index contributed by atoms with van der Waals surface area (Å²) in [6.45, 7) is 4.42. The molecule has 0 amide bonds. The number of hydrogen-bond acceptors (Lipinski definition) is 2. The van der Waals surface area contributed by atoms with Crippen molar-refractivity contribution in [1.82, 2.24) is 5.43 Å². The summed E-state index contributed by atoms with van der Waals surface area (Å²) < 4.78 is 0. The van der Waals surface area contributed by atoms with E-state index in [1.165, 1.54) is 30.4 Å². The summed E-state index contributed by atoms with van der Waals surface area (Å²) in [6, 6.07) is 9.08. The second-order valence-electron chi connectivity index (χ2n) is 4.36. The van der Waals surface area contributed by atoms with Crippen molar-refractivity contribution in [2.24, 2.45) is 5.84 Å². The highest BCUT2D eigenvalue weighted by molar-refractivity contribution is 5.26. The molecule has 0 heterocycles. The van der Waals surface area contributed by atoms with Gasteiger partial charge in [-0.1, -0.05) is 57.4 Å². The summed E-state index contributed by atoms with van der Waals surface area (Å²) >= 11 is 0. The van der Waals surface area contributed by atoms with Crippen molar-refractivity contribution in [3.05, 3.63) is 35.4 Å². The van der Waals surface area contributed by atoms with Crippen molar-refractivity contribution in [2.75, 3.05) is 0 Å². The first-order valence-corrected chi connectivity index (χ1v) is 6.36. The maximum Gasteiger partial charge on any atom is 0.0460 e. The van der Waals surface area contributed by atoms with Crippen LogP contribution in [0.15, 0.2) is 24.3 Å². The van der Waals surface area contributed by atoms with E-state index < -0.39 is 0 Å². The molecular formula is C14H24N2. The SMILES string of the molecule is CCCCC(NN)c1cccc(CCC)c1. The van der Waals surface area contributed by atoms with Gasteiger partial charge in [0.15, 0.2) is 0 Å². The molecule has 90 valence electrons. The average molecular weight is 220 g/mol. The van der Waals surface area contributed by atoms with Crippen LogP contribution in [0.4, 0.5) is 0 Å². The molecule has 1 aromatic carbocycles. The summed E-state index contributed by atoms with van der Waals surface area (Å²) in [7, 11) is 0. The maximum atomic E-state index is 5.62. The fraction of sp³-hybridized carbons (Fsp3) is 0.571. The Balaban J connectivity index is 2.71. The highest BCUT2D eigenvalue weighted by Gasteiger charge is 2.08. The zero-order chi connectivity index (χ0) is 11.8. The summed E-state index contributed by atoms with van der Waals surface area (Å²) in [5.74, 6) is 5.62. The molecule has 0 spiro atoms. The monoisotopic (exact) mass is 220 g/mol. The Morgan fingerprint density at radius 1 is 1.25 bits per heavy atom. The number of aryl methyl sites for hydroxylation is 1. The van der Waals surface area contributed by atoms with E-state index in [0.29, 0.717) is 6.04 Å². The Kier molecular flexibility index (Phi) is 6.12. The van der Waals surface area contributed by atoms with Gasteiger partial charge < -0.3 is 0 Å². The van der Waals surface area contributed by atoms with Crippen LogP contribution in [0.1, 0.15) is 56.7 Å². The van der Waals surface area contributed by atoms with E-state index in [1.54, 1.807) is 0 Å². The van der Waals surface area contributed by atoms with E-state index in [9.17, 15) is 0 Å². The van der Waals surface area contributed by atoms with Crippen molar-refractivity contribution in [3.63, 3.8) is 0 Å². The maximum absolute atomic E-state index is 5.62. The molecule has 0 saturated carbocycles. The molecule has 1 aromatic rings. The Labute approximate surface area is 99.2 Å². The van der Waals surface area contributed by atoms with E-state index in [-0.39, 0.29) is 0 Å². The number of nitrogens with two attached hydrogens (primary N) is 1. The first kappa shape index (κ1) is 13.2. The van der Waals surface area contributed by atoms with Gasteiger partial charge in [0.25, 0.3) is 0 Å². The molecule has 1 rings (SSSR count). The highest BCUT2D eigenvalue weighted by Crippen LogP contribution is 2.20. The van der Waals surface area contributed by atoms with E-state index in [0.717, 1.165) is 12.8 Å². The van der Waals surface area contributed by atoms with Crippen LogP contribution in [-0.2, 0) is 6.42 Å². The lowest BCUT2D eigenvalue weighted by Crippen LogP contribution is -2.28. The fourth-order valence-corrected chi connectivity index (χ4v) is 2.01. The number of unbranched alkanes of at least 4 members (excludes halogenated alkanes) is 1. The molecule has 1 unspecified atom stereocenters. The first-order chi connectivity index (χ1) is 7.81. The third-order valence-electron chi connectivity index (χ3n) is 2.94. The minimum absolute atomic E-state index is 0.303. The van der Waals surface area contributed by atoms with Crippen LogP contribution < -0.4 is 11.3 Å². The number of benzene rings is 1. The third kappa shape index (κ3) is 3.95. The molecule has 0 aliphatic heterocycles. The van der Waals surface area contributed by atoms with E-state index in [2.05, 4.69) is 43.5 Å². The van der Waals surface area contributed by atoms with E-state index in [1.807, 2.05) is 0 Å². The van der Waals surface area contributed by atoms with E-state index in [4.69, 9.17) is 5.84 Å². The van der Waals surface area contributed by atoms with Crippen LogP contribution in [0.25, 0.3) is 0 Å². The van der Waals surface area contributed by atoms with Gasteiger partial charge >= 0.3 is 0 Å². The molecule has 0 fully saturated rings. The van der Waals surface area contributed by atoms with Crippen LogP contribution in [0.2, 0.25) is 0 Å². The predicted octanol–water partition coefficient (Wildman–Crippen LogP) is 3.33. The molecule has 0 bridgehead atoms. The number of nitrogens with one attached hydrogen (secondary N) is 1. The minimum Gasteiger partial charge on any atom is -0.271 e. The van der Waals surface area contributed by atoms with Gasteiger partial charge in [0.1, 0.15) is 0 Å². The van der Waals surface area contributed by atoms with Gasteiger partial charge in [-0.05, 0) is 24.0 Å². The van der Waals surface area contributed by atoms with Crippen LogP contribution in [0.5, 0.6) is 0 Å². The van der Waals surface area contributed by atoms with Crippen molar-refractivity contribution in [3.8, 4) is 0 Å². The lowest BCUT2D eigenvalue weighted by molar-refractivity contribution is 0.495. The van der Waals surface area contributed by atoms with Gasteiger partial charge in [0, 0.05) is 6.04 Å². The summed E-state index contributed by atoms with van der Waals surface area (Å²) in [5.41, 5.74) is 5.66. The first-order valence-electron chi connectivity index (χ1n) is 6.36. The van der Waals surface area contributed by atoms with Gasteiger partial charge in [-0.25, -0.2) is 0 Å². The second kappa shape index (κ2) is 7.42. The molecular weight excluding hydrogens is 196 g/mol. The normalized spacial score (nSPS) is 12.7. The third-order valence-corrected chi connectivity index (χ3v) is 2.94. The standard InChI is InChI=1S/C14H24N2/c1-3-5-10-14(16-15)13-9-6-8-12(11-13)7-4-2/h6,8-9,11,14,16H,3-5,7,10,15H2,1-2H3. The molecule has 0 aromatic heterocycles. The van der Waals surface area contributed by atoms with Gasteiger partial charge in [-0.3, -0.25) is 11.3 Å². The molecule has 16 heavy (non-hydrogen) atoms. The van der Waals surface area contributed by atoms with Gasteiger partial charge in [0.05, 0.1) is 0 Å². The molecule has 1 atom stereocenters. The summed E-state index contributed by atoms with van der Waals surface area (Å²) in [4.78, 5) is 0. The summed E-state index contributed by atoms with van der Waals surface area (Å²) in [5, 5.41) is 0. The minimum atomic E-state index is 0.303. The molecule has 2 nitrogen and oxygen atoms in total. The number of hydrazine groups is 1. The molecule has 3 N–H and O–H groups in total. The van der Waals surface area contributed by atoms with Crippen molar-refractivity contribution in [2.45, 2.75) is 52.0 Å². The van der Waals surface area contributed by atoms with Crippen molar-refractivity contribution < 1.29 is 0 Å². The molecule has 2 heteroatoms. The van der Waals surface area contributed by atoms with Gasteiger partial charge in [0.2, 0.25) is 0 Å². The van der Waals surface area contributed by atoms with Gasteiger partial charge in [-0.15, -0.1) is 0 Å². The lowest BCUT2D eigenvalue weighted by Gasteiger charge is -2.16. The molecule has 0 radical (unpaired) electrons.